The van der Waals surface area contributed by atoms with Gasteiger partial charge in [-0.15, -0.1) is 5.10 Å². The second-order valence-electron chi connectivity index (χ2n) is 7.44. The van der Waals surface area contributed by atoms with Crippen molar-refractivity contribution in [1.29, 1.82) is 0 Å². The van der Waals surface area contributed by atoms with E-state index in [4.69, 9.17) is 27.9 Å². The Morgan fingerprint density at radius 1 is 1.06 bits per heavy atom. The molecule has 4 rings (SSSR count). The van der Waals surface area contributed by atoms with Gasteiger partial charge in [0.1, 0.15) is 0 Å². The molecule has 0 atom stereocenters. The lowest BCUT2D eigenvalue weighted by Crippen LogP contribution is -2.34. The SMILES string of the molecule is O=c1[nH]nc(Oc2c(Cl)cc(-n3nc(CO)c(=O)[nH]c3=O)cc2Cl)cc1C1CCCCC1. The number of nitrogens with one attached hydrogen (secondary N) is 2. The van der Waals surface area contributed by atoms with Crippen LogP contribution in [0.3, 0.4) is 0 Å². The Kier molecular flexibility index (Phi) is 6.45. The van der Waals surface area contributed by atoms with Gasteiger partial charge >= 0.3 is 5.69 Å². The van der Waals surface area contributed by atoms with Crippen LogP contribution in [0.25, 0.3) is 5.69 Å². The first-order valence-electron chi connectivity index (χ1n) is 9.97. The molecule has 1 fully saturated rings. The number of halogens is 2. The van der Waals surface area contributed by atoms with Crippen molar-refractivity contribution in [3.63, 3.8) is 0 Å². The van der Waals surface area contributed by atoms with Gasteiger partial charge in [0.05, 0.1) is 22.3 Å². The maximum Gasteiger partial charge on any atom is 0.349 e. The fraction of sp³-hybridized carbons (Fsp3) is 0.350. The molecule has 3 aromatic rings. The number of hydrogen-bond donors (Lipinski definition) is 3. The summed E-state index contributed by atoms with van der Waals surface area (Å²) in [5.41, 5.74) is -1.35. The van der Waals surface area contributed by atoms with Gasteiger partial charge in [-0.3, -0.25) is 14.6 Å². The molecule has 0 saturated heterocycles. The van der Waals surface area contributed by atoms with Crippen LogP contribution in [0, 0.1) is 0 Å². The molecule has 168 valence electrons. The fourth-order valence-electron chi connectivity index (χ4n) is 3.75. The van der Waals surface area contributed by atoms with E-state index in [-0.39, 0.29) is 44.5 Å². The number of ether oxygens (including phenoxy) is 1. The molecule has 1 aromatic carbocycles. The van der Waals surface area contributed by atoms with Crippen LogP contribution in [0.15, 0.2) is 32.6 Å². The van der Waals surface area contributed by atoms with Crippen molar-refractivity contribution in [2.45, 2.75) is 44.6 Å². The Bertz CT molecular complexity index is 1300. The summed E-state index contributed by atoms with van der Waals surface area (Å²) in [6.07, 6.45) is 5.15. The fourth-order valence-corrected chi connectivity index (χ4v) is 4.31. The number of nitrogens with zero attached hydrogens (tertiary/aromatic N) is 3. The predicted molar refractivity (Wildman–Crippen MR) is 117 cm³/mol. The summed E-state index contributed by atoms with van der Waals surface area (Å²) in [6.45, 7) is -0.653. The first-order chi connectivity index (χ1) is 15.4. The van der Waals surface area contributed by atoms with Gasteiger partial charge < -0.3 is 9.84 Å². The summed E-state index contributed by atoms with van der Waals surface area (Å²) >= 11 is 12.7. The number of aromatic nitrogens is 5. The summed E-state index contributed by atoms with van der Waals surface area (Å²) in [4.78, 5) is 38.1. The minimum Gasteiger partial charge on any atom is -0.434 e. The highest BCUT2D eigenvalue weighted by Crippen LogP contribution is 2.38. The van der Waals surface area contributed by atoms with Crippen LogP contribution in [-0.2, 0) is 6.61 Å². The monoisotopic (exact) mass is 479 g/mol. The lowest BCUT2D eigenvalue weighted by molar-refractivity contribution is 0.271. The van der Waals surface area contributed by atoms with Crippen LogP contribution >= 0.6 is 23.2 Å². The van der Waals surface area contributed by atoms with Crippen LogP contribution in [0.4, 0.5) is 0 Å². The van der Waals surface area contributed by atoms with Crippen molar-refractivity contribution in [2.75, 3.05) is 0 Å². The Labute approximate surface area is 190 Å². The van der Waals surface area contributed by atoms with E-state index in [1.54, 1.807) is 6.07 Å². The number of H-pyrrole nitrogens is 2. The highest BCUT2D eigenvalue weighted by atomic mass is 35.5. The molecule has 2 aromatic heterocycles. The summed E-state index contributed by atoms with van der Waals surface area (Å²) in [5.74, 6) is 0.347. The first kappa shape index (κ1) is 22.3. The smallest absolute Gasteiger partial charge is 0.349 e. The van der Waals surface area contributed by atoms with Gasteiger partial charge in [-0.2, -0.15) is 9.78 Å². The number of benzene rings is 1. The van der Waals surface area contributed by atoms with Crippen molar-refractivity contribution in [3.8, 4) is 17.3 Å². The lowest BCUT2D eigenvalue weighted by Gasteiger charge is -2.21. The third-order valence-electron chi connectivity index (χ3n) is 5.33. The van der Waals surface area contributed by atoms with Crippen LogP contribution in [-0.4, -0.2) is 30.1 Å². The molecule has 0 aliphatic heterocycles. The van der Waals surface area contributed by atoms with Gasteiger partial charge in [-0.05, 0) is 30.9 Å². The molecule has 0 amide bonds. The lowest BCUT2D eigenvalue weighted by atomic mass is 9.85. The van der Waals surface area contributed by atoms with Crippen LogP contribution < -0.4 is 21.5 Å². The van der Waals surface area contributed by atoms with Gasteiger partial charge in [0.25, 0.3) is 11.1 Å². The van der Waals surface area contributed by atoms with Gasteiger partial charge in [-0.1, -0.05) is 42.5 Å². The molecule has 1 aliphatic carbocycles. The van der Waals surface area contributed by atoms with E-state index in [2.05, 4.69) is 20.3 Å². The van der Waals surface area contributed by atoms with E-state index < -0.39 is 17.9 Å². The van der Waals surface area contributed by atoms with Crippen molar-refractivity contribution in [1.82, 2.24) is 25.0 Å². The third-order valence-corrected chi connectivity index (χ3v) is 5.89. The molecule has 3 N–H and O–H groups in total. The Morgan fingerprint density at radius 3 is 2.41 bits per heavy atom. The van der Waals surface area contributed by atoms with Gasteiger partial charge in [0.15, 0.2) is 11.4 Å². The normalized spacial score (nSPS) is 14.5. The van der Waals surface area contributed by atoms with Crippen molar-refractivity contribution < 1.29 is 9.84 Å². The highest BCUT2D eigenvalue weighted by molar-refractivity contribution is 6.37. The predicted octanol–water partition coefficient (Wildman–Crippen LogP) is 2.64. The number of aliphatic hydroxyl groups is 1. The maximum atomic E-state index is 12.3. The molecule has 32 heavy (non-hydrogen) atoms. The third kappa shape index (κ3) is 4.47. The molecule has 1 aliphatic rings. The van der Waals surface area contributed by atoms with E-state index in [9.17, 15) is 19.5 Å². The van der Waals surface area contributed by atoms with Gasteiger partial charge in [0, 0.05) is 11.6 Å². The van der Waals surface area contributed by atoms with E-state index >= 15 is 0 Å². The molecule has 0 radical (unpaired) electrons. The van der Waals surface area contributed by atoms with Crippen LogP contribution in [0.5, 0.6) is 11.6 Å². The second-order valence-corrected chi connectivity index (χ2v) is 8.26. The highest BCUT2D eigenvalue weighted by Gasteiger charge is 2.21. The Balaban J connectivity index is 1.68. The number of rotatable bonds is 5. The number of hydrogen-bond acceptors (Lipinski definition) is 7. The molecular weight excluding hydrogens is 461 g/mol. The molecule has 2 heterocycles. The standard InChI is InChI=1S/C20H19Cl2N5O5/c21-13-6-11(27-20(31)23-19(30)15(9-28)26-27)7-14(22)17(13)32-16-8-12(18(29)25-24-16)10-4-2-1-3-5-10/h6-8,10,28H,1-5,9H2,(H,25,29)(H,23,30,31). The summed E-state index contributed by atoms with van der Waals surface area (Å²) in [5, 5.41) is 19.5. The zero-order valence-electron chi connectivity index (χ0n) is 16.7. The zero-order chi connectivity index (χ0) is 22.8. The Morgan fingerprint density at radius 2 is 1.75 bits per heavy atom. The minimum atomic E-state index is -0.826. The molecule has 10 nitrogen and oxygen atoms in total. The summed E-state index contributed by atoms with van der Waals surface area (Å²) in [7, 11) is 0. The van der Waals surface area contributed by atoms with Crippen LogP contribution in [0.1, 0.15) is 49.3 Å². The van der Waals surface area contributed by atoms with Crippen LogP contribution in [0.2, 0.25) is 10.0 Å². The first-order valence-corrected chi connectivity index (χ1v) is 10.7. The largest absolute Gasteiger partial charge is 0.434 e. The molecule has 1 saturated carbocycles. The molecule has 0 unspecified atom stereocenters. The summed E-state index contributed by atoms with van der Waals surface area (Å²) < 4.78 is 6.62. The quantitative estimate of drug-likeness (QED) is 0.510. The molecule has 0 spiro atoms. The van der Waals surface area contributed by atoms with E-state index in [1.807, 2.05) is 0 Å². The maximum absolute atomic E-state index is 12.3. The van der Waals surface area contributed by atoms with Crippen molar-refractivity contribution in [2.24, 2.45) is 0 Å². The zero-order valence-corrected chi connectivity index (χ0v) is 18.2. The van der Waals surface area contributed by atoms with Gasteiger partial charge in [-0.25, -0.2) is 9.89 Å². The van der Waals surface area contributed by atoms with Gasteiger partial charge in [0.2, 0.25) is 5.88 Å². The van der Waals surface area contributed by atoms with Crippen molar-refractivity contribution >= 4 is 23.2 Å². The molecule has 12 heteroatoms. The summed E-state index contributed by atoms with van der Waals surface area (Å²) in [6, 6.07) is 4.33. The average Bonchev–Trinajstić information content (AvgIpc) is 2.78. The van der Waals surface area contributed by atoms with E-state index in [0.717, 1.165) is 36.8 Å². The van der Waals surface area contributed by atoms with E-state index in [1.165, 1.54) is 12.1 Å². The number of aromatic amines is 2. The average molecular weight is 480 g/mol. The Hall–Kier alpha value is -2.95. The topological polar surface area (TPSA) is 143 Å². The molecular formula is C20H19Cl2N5O5. The van der Waals surface area contributed by atoms with E-state index in [0.29, 0.717) is 5.56 Å². The number of aliphatic hydroxyl groups excluding tert-OH is 1. The van der Waals surface area contributed by atoms with Crippen molar-refractivity contribution in [3.05, 3.63) is 70.7 Å². The minimum absolute atomic E-state index is 0.0464. The molecule has 0 bridgehead atoms. The second kappa shape index (κ2) is 9.27.